The van der Waals surface area contributed by atoms with Crippen molar-refractivity contribution < 1.29 is 4.79 Å². The third kappa shape index (κ3) is 10.5. The van der Waals surface area contributed by atoms with E-state index in [0.29, 0.717) is 17.4 Å². The van der Waals surface area contributed by atoms with Crippen molar-refractivity contribution in [1.29, 1.82) is 0 Å². The summed E-state index contributed by atoms with van der Waals surface area (Å²) in [6.45, 7) is 16.6. The molecular weight excluding hydrogens is 451 g/mol. The fraction of sp³-hybridized carbons (Fsp3) is 0.905. The minimum Gasteiger partial charge on any atom is -0.357 e. The molecule has 0 unspecified atom stereocenters. The summed E-state index contributed by atoms with van der Waals surface area (Å²) in [5, 5.41) is 6.93. The van der Waals surface area contributed by atoms with Gasteiger partial charge in [-0.2, -0.15) is 0 Å². The predicted octanol–water partition coefficient (Wildman–Crippen LogP) is 4.41. The second kappa shape index (κ2) is 13.6. The molecule has 0 spiro atoms. The summed E-state index contributed by atoms with van der Waals surface area (Å²) in [5.41, 5.74) is 0.371. The van der Waals surface area contributed by atoms with Crippen LogP contribution in [0.4, 0.5) is 0 Å². The first-order chi connectivity index (χ1) is 12.3. The second-order valence-corrected chi connectivity index (χ2v) is 8.68. The first-order valence-corrected chi connectivity index (χ1v) is 10.6. The lowest BCUT2D eigenvalue weighted by Crippen LogP contribution is -2.50. The number of hydrogen-bond acceptors (Lipinski definition) is 2. The largest absolute Gasteiger partial charge is 0.357 e. The van der Waals surface area contributed by atoms with Crippen LogP contribution in [-0.4, -0.2) is 49.0 Å². The van der Waals surface area contributed by atoms with Gasteiger partial charge in [-0.1, -0.05) is 34.6 Å². The third-order valence-electron chi connectivity index (χ3n) is 5.18. The lowest BCUT2D eigenvalue weighted by atomic mass is 9.91. The Morgan fingerprint density at radius 1 is 1.15 bits per heavy atom. The molecule has 1 amide bonds. The molecule has 0 aliphatic carbocycles. The van der Waals surface area contributed by atoms with Crippen molar-refractivity contribution in [2.75, 3.05) is 26.2 Å². The van der Waals surface area contributed by atoms with Crippen LogP contribution in [0.3, 0.4) is 0 Å². The lowest BCUT2D eigenvalue weighted by Gasteiger charge is -2.35. The summed E-state index contributed by atoms with van der Waals surface area (Å²) in [4.78, 5) is 19.3. The molecule has 1 aliphatic rings. The van der Waals surface area contributed by atoms with Gasteiger partial charge in [-0.05, 0) is 50.9 Å². The number of rotatable bonds is 8. The van der Waals surface area contributed by atoms with Gasteiger partial charge in [0, 0.05) is 38.1 Å². The Hall–Kier alpha value is -0.530. The fourth-order valence-corrected chi connectivity index (χ4v) is 3.45. The van der Waals surface area contributed by atoms with Crippen molar-refractivity contribution in [2.24, 2.45) is 16.3 Å². The van der Waals surface area contributed by atoms with Crippen molar-refractivity contribution in [3.63, 3.8) is 0 Å². The topological polar surface area (TPSA) is 56.7 Å². The van der Waals surface area contributed by atoms with Gasteiger partial charge in [0.05, 0.1) is 0 Å². The van der Waals surface area contributed by atoms with Crippen LogP contribution in [0.15, 0.2) is 4.99 Å². The molecule has 0 radical (unpaired) electrons. The van der Waals surface area contributed by atoms with E-state index in [0.717, 1.165) is 64.2 Å². The molecule has 0 bridgehead atoms. The van der Waals surface area contributed by atoms with Gasteiger partial charge in [-0.15, -0.1) is 24.0 Å². The highest BCUT2D eigenvalue weighted by Crippen LogP contribution is 2.20. The predicted molar refractivity (Wildman–Crippen MR) is 127 cm³/mol. The van der Waals surface area contributed by atoms with Gasteiger partial charge in [0.2, 0.25) is 5.91 Å². The highest BCUT2D eigenvalue weighted by molar-refractivity contribution is 14.0. The molecule has 1 aliphatic heterocycles. The summed E-state index contributed by atoms with van der Waals surface area (Å²) in [6, 6.07) is 0.404. The van der Waals surface area contributed by atoms with E-state index in [1.807, 2.05) is 0 Å². The van der Waals surface area contributed by atoms with Crippen LogP contribution in [0.5, 0.6) is 0 Å². The molecule has 1 heterocycles. The molecule has 0 saturated carbocycles. The van der Waals surface area contributed by atoms with Crippen molar-refractivity contribution in [1.82, 2.24) is 15.5 Å². The van der Waals surface area contributed by atoms with Crippen LogP contribution in [0, 0.1) is 11.3 Å². The zero-order chi connectivity index (χ0) is 19.6. The standard InChI is InChI=1S/C21H42N4O.HI/c1-7-17(8-2)19(26)25-15-11-18(12-16-25)24-20(22-9-3)23-14-10-13-21(4,5)6;/h17-18H,7-16H2,1-6H3,(H2,22,23,24);1H. The van der Waals surface area contributed by atoms with Crippen LogP contribution in [0.25, 0.3) is 0 Å². The van der Waals surface area contributed by atoms with Gasteiger partial charge in [0.25, 0.3) is 0 Å². The Morgan fingerprint density at radius 2 is 1.74 bits per heavy atom. The number of carbonyl (C=O) groups is 1. The molecule has 1 saturated heterocycles. The maximum atomic E-state index is 12.5. The Labute approximate surface area is 184 Å². The number of guanidine groups is 1. The van der Waals surface area contributed by atoms with Gasteiger partial charge < -0.3 is 15.5 Å². The van der Waals surface area contributed by atoms with Crippen LogP contribution < -0.4 is 10.6 Å². The average Bonchev–Trinajstić information content (AvgIpc) is 2.59. The number of amides is 1. The van der Waals surface area contributed by atoms with Crippen LogP contribution in [0.2, 0.25) is 0 Å². The number of nitrogens with one attached hydrogen (secondary N) is 2. The molecule has 2 N–H and O–H groups in total. The summed E-state index contributed by atoms with van der Waals surface area (Å²) < 4.78 is 0. The van der Waals surface area contributed by atoms with Gasteiger partial charge in [0.1, 0.15) is 0 Å². The number of halogens is 1. The van der Waals surface area contributed by atoms with Gasteiger partial charge in [-0.3, -0.25) is 9.79 Å². The van der Waals surface area contributed by atoms with E-state index in [2.05, 4.69) is 57.1 Å². The summed E-state index contributed by atoms with van der Waals surface area (Å²) in [6.07, 6.45) is 6.18. The fourth-order valence-electron chi connectivity index (χ4n) is 3.45. The molecule has 1 fully saturated rings. The number of nitrogens with zero attached hydrogens (tertiary/aromatic N) is 2. The molecule has 0 aromatic rings. The Balaban J connectivity index is 0.00000676. The third-order valence-corrected chi connectivity index (χ3v) is 5.18. The molecule has 1 rings (SSSR count). The average molecular weight is 495 g/mol. The Morgan fingerprint density at radius 3 is 2.22 bits per heavy atom. The van der Waals surface area contributed by atoms with Gasteiger partial charge in [-0.25, -0.2) is 0 Å². The van der Waals surface area contributed by atoms with E-state index in [9.17, 15) is 4.79 Å². The lowest BCUT2D eigenvalue weighted by molar-refractivity contribution is -0.136. The van der Waals surface area contributed by atoms with E-state index in [-0.39, 0.29) is 29.9 Å². The van der Waals surface area contributed by atoms with Crippen molar-refractivity contribution in [3.8, 4) is 0 Å². The minimum atomic E-state index is 0. The SMILES string of the molecule is CCNC(=NCCCC(C)(C)C)NC1CCN(C(=O)C(CC)CC)CC1.I. The molecule has 0 aromatic heterocycles. The molecule has 0 aromatic carbocycles. The van der Waals surface area contributed by atoms with Crippen molar-refractivity contribution in [2.45, 2.75) is 86.1 Å². The van der Waals surface area contributed by atoms with Crippen molar-refractivity contribution in [3.05, 3.63) is 0 Å². The summed E-state index contributed by atoms with van der Waals surface area (Å²) >= 11 is 0. The number of likely N-dealkylation sites (tertiary alicyclic amines) is 1. The van der Waals surface area contributed by atoms with Crippen LogP contribution >= 0.6 is 24.0 Å². The van der Waals surface area contributed by atoms with Gasteiger partial charge in [0.15, 0.2) is 5.96 Å². The van der Waals surface area contributed by atoms with E-state index in [4.69, 9.17) is 4.99 Å². The maximum absolute atomic E-state index is 12.5. The molecule has 0 atom stereocenters. The normalized spacial score (nSPS) is 16.3. The number of piperidine rings is 1. The van der Waals surface area contributed by atoms with Crippen LogP contribution in [-0.2, 0) is 4.79 Å². The Kier molecular flexibility index (Phi) is 13.3. The second-order valence-electron chi connectivity index (χ2n) is 8.68. The number of hydrogen-bond donors (Lipinski definition) is 2. The summed E-state index contributed by atoms with van der Waals surface area (Å²) in [7, 11) is 0. The maximum Gasteiger partial charge on any atom is 0.225 e. The quantitative estimate of drug-likeness (QED) is 0.228. The van der Waals surface area contributed by atoms with Gasteiger partial charge >= 0.3 is 0 Å². The smallest absolute Gasteiger partial charge is 0.225 e. The first kappa shape index (κ1) is 26.5. The Bertz CT molecular complexity index is 436. The first-order valence-electron chi connectivity index (χ1n) is 10.6. The van der Waals surface area contributed by atoms with E-state index < -0.39 is 0 Å². The number of aliphatic imine (C=N–C) groups is 1. The zero-order valence-corrected chi connectivity index (χ0v) is 20.8. The molecule has 5 nitrogen and oxygen atoms in total. The van der Waals surface area contributed by atoms with E-state index >= 15 is 0 Å². The van der Waals surface area contributed by atoms with Crippen LogP contribution in [0.1, 0.15) is 80.1 Å². The van der Waals surface area contributed by atoms with E-state index in [1.165, 1.54) is 6.42 Å². The molecule has 160 valence electrons. The minimum absolute atomic E-state index is 0. The van der Waals surface area contributed by atoms with E-state index in [1.54, 1.807) is 0 Å². The molecular formula is C21H43IN4O. The highest BCUT2D eigenvalue weighted by atomic mass is 127. The number of carbonyl (C=O) groups excluding carboxylic acids is 1. The zero-order valence-electron chi connectivity index (χ0n) is 18.4. The summed E-state index contributed by atoms with van der Waals surface area (Å²) in [5.74, 6) is 1.46. The molecule has 27 heavy (non-hydrogen) atoms. The monoisotopic (exact) mass is 494 g/mol. The van der Waals surface area contributed by atoms with Crippen molar-refractivity contribution >= 4 is 35.8 Å². The molecule has 6 heteroatoms. The highest BCUT2D eigenvalue weighted by Gasteiger charge is 2.26.